The molecule has 59 heavy (non-hydrogen) atoms. The zero-order valence-electron chi connectivity index (χ0n) is 33.6. The fourth-order valence-corrected chi connectivity index (χ4v) is 8.04. The van der Waals surface area contributed by atoms with Gasteiger partial charge in [0.25, 0.3) is 12.4 Å². The Morgan fingerprint density at radius 2 is 1.73 bits per heavy atom. The third-order valence-electron chi connectivity index (χ3n) is 10.4. The van der Waals surface area contributed by atoms with Crippen LogP contribution < -0.4 is 24.4 Å². The van der Waals surface area contributed by atoms with E-state index in [1.54, 1.807) is 37.1 Å². The maximum absolute atomic E-state index is 14.5. The molecular weight excluding hydrogens is 779 g/mol. The predicted octanol–water partition coefficient (Wildman–Crippen LogP) is 5.22. The van der Waals surface area contributed by atoms with Crippen LogP contribution in [0.5, 0.6) is 17.2 Å². The molecule has 2 bridgehead atoms. The van der Waals surface area contributed by atoms with Gasteiger partial charge in [-0.15, -0.1) is 11.3 Å². The molecule has 3 amide bonds. The molecule has 2 aliphatic rings. The zero-order chi connectivity index (χ0) is 41.9. The molecule has 17 heteroatoms. The number of nitrogens with one attached hydrogen (secondary N) is 1. The van der Waals surface area contributed by atoms with Crippen molar-refractivity contribution < 1.29 is 42.9 Å². The van der Waals surface area contributed by atoms with Gasteiger partial charge in [0, 0.05) is 67.2 Å². The van der Waals surface area contributed by atoms with Crippen molar-refractivity contribution in [2.24, 2.45) is 5.92 Å². The van der Waals surface area contributed by atoms with Crippen LogP contribution >= 0.6 is 11.3 Å². The average Bonchev–Trinajstić information content (AvgIpc) is 3.93. The van der Waals surface area contributed by atoms with Crippen LogP contribution in [-0.2, 0) is 27.3 Å². The number of ether oxygens (including phenoxy) is 3. The largest absolute Gasteiger partial charge is 0.493 e. The minimum atomic E-state index is -0.289. The quantitative estimate of drug-likeness (QED) is 0.203. The molecule has 0 spiro atoms. The lowest BCUT2D eigenvalue weighted by Gasteiger charge is -2.36. The molecule has 5 heterocycles. The summed E-state index contributed by atoms with van der Waals surface area (Å²) in [6.07, 6.45) is 2.97. The Balaban J connectivity index is 0.00000189. The molecule has 5 aromatic rings. The third kappa shape index (κ3) is 10.1. The molecule has 0 aliphatic carbocycles. The van der Waals surface area contributed by atoms with Gasteiger partial charge in [-0.3, -0.25) is 19.2 Å². The SMILES string of the molecule is COc1cc2nc3c(cc2c(OC)c1OC)CN(C(=O)Cc1nc(-c2ccccc2)oc1C)CCCCN(C(=O)c1cscn1)CC(=O)NCC1CCCN3C1.O=CO. The van der Waals surface area contributed by atoms with E-state index in [2.05, 4.69) is 15.2 Å². The van der Waals surface area contributed by atoms with Crippen LogP contribution in [0.1, 0.15) is 53.2 Å². The van der Waals surface area contributed by atoms with Crippen LogP contribution in [-0.4, -0.2) is 115 Å². The van der Waals surface area contributed by atoms with Crippen molar-refractivity contribution in [1.82, 2.24) is 30.1 Å². The highest BCUT2D eigenvalue weighted by Crippen LogP contribution is 2.44. The molecule has 1 saturated heterocycles. The van der Waals surface area contributed by atoms with Crippen molar-refractivity contribution in [2.75, 3.05) is 65.5 Å². The van der Waals surface area contributed by atoms with Crippen LogP contribution in [0.25, 0.3) is 22.4 Å². The van der Waals surface area contributed by atoms with Gasteiger partial charge in [0.1, 0.15) is 17.3 Å². The van der Waals surface area contributed by atoms with Crippen molar-refractivity contribution >= 4 is 52.3 Å². The van der Waals surface area contributed by atoms with Crippen molar-refractivity contribution in [1.29, 1.82) is 0 Å². The van der Waals surface area contributed by atoms with Gasteiger partial charge in [0.2, 0.25) is 23.5 Å². The van der Waals surface area contributed by atoms with Crippen molar-refractivity contribution in [3.63, 3.8) is 0 Å². The van der Waals surface area contributed by atoms with Gasteiger partial charge in [0.05, 0.1) is 51.0 Å². The van der Waals surface area contributed by atoms with Gasteiger partial charge in [-0.25, -0.2) is 15.0 Å². The summed E-state index contributed by atoms with van der Waals surface area (Å²) >= 11 is 1.34. The predicted molar refractivity (Wildman–Crippen MR) is 221 cm³/mol. The van der Waals surface area contributed by atoms with E-state index in [9.17, 15) is 14.4 Å². The number of amides is 3. The normalized spacial score (nSPS) is 16.3. The first-order chi connectivity index (χ1) is 28.7. The van der Waals surface area contributed by atoms with E-state index in [0.717, 1.165) is 41.7 Å². The number of anilines is 1. The molecular formula is C42H49N7O9S. The molecule has 1 fully saturated rings. The minimum Gasteiger partial charge on any atom is -0.493 e. The van der Waals surface area contributed by atoms with Gasteiger partial charge in [-0.05, 0) is 56.7 Å². The highest BCUT2D eigenvalue weighted by Gasteiger charge is 2.29. The van der Waals surface area contributed by atoms with Crippen LogP contribution in [0, 0.1) is 12.8 Å². The molecule has 16 nitrogen and oxygen atoms in total. The summed E-state index contributed by atoms with van der Waals surface area (Å²) < 4.78 is 23.3. The van der Waals surface area contributed by atoms with E-state index in [1.807, 2.05) is 54.3 Å². The standard InChI is InChI=1S/C41H47N7O7S.CH2O2/c1-26-31(45-40(55-26)28-12-6-5-7-13-28)19-36(50)46-14-8-9-15-48(41(51)33-24-56-25-43-33)23-35(49)42-20-27-11-10-16-47(21-27)39-29(22-46)17-30-32(44-39)18-34(52-2)38(54-4)37(30)53-3;2-1-3/h5-7,12-13,17-18,24-25,27H,8-11,14-16,19-23H2,1-4H3,(H,42,49);1H,(H,2,3). The van der Waals surface area contributed by atoms with E-state index >= 15 is 0 Å². The van der Waals surface area contributed by atoms with E-state index in [-0.39, 0.29) is 49.6 Å². The first-order valence-electron chi connectivity index (χ1n) is 19.4. The number of thiazole rings is 1. The first kappa shape index (κ1) is 42.4. The number of fused-ring (bicyclic) bond motifs is 5. The maximum Gasteiger partial charge on any atom is 0.290 e. The number of carbonyl (C=O) groups is 4. The molecule has 0 saturated carbocycles. The van der Waals surface area contributed by atoms with Crippen molar-refractivity contribution in [2.45, 2.75) is 45.6 Å². The van der Waals surface area contributed by atoms with Gasteiger partial charge in [-0.2, -0.15) is 0 Å². The Labute approximate surface area is 346 Å². The number of benzene rings is 2. The van der Waals surface area contributed by atoms with Crippen molar-refractivity contribution in [3.8, 4) is 28.7 Å². The fraction of sp³-hybridized carbons (Fsp3) is 0.405. The molecule has 1 unspecified atom stereocenters. The van der Waals surface area contributed by atoms with E-state index < -0.39 is 0 Å². The molecule has 2 aromatic carbocycles. The topological polar surface area (TPSA) is 190 Å². The number of rotatable bonds is 7. The summed E-state index contributed by atoms with van der Waals surface area (Å²) in [5, 5.41) is 12.4. The summed E-state index contributed by atoms with van der Waals surface area (Å²) in [5.41, 5.74) is 4.84. The summed E-state index contributed by atoms with van der Waals surface area (Å²) in [4.78, 5) is 69.5. The second-order valence-electron chi connectivity index (χ2n) is 14.2. The number of piperidine rings is 1. The highest BCUT2D eigenvalue weighted by atomic mass is 32.1. The zero-order valence-corrected chi connectivity index (χ0v) is 34.5. The fourth-order valence-electron chi connectivity index (χ4n) is 7.51. The lowest BCUT2D eigenvalue weighted by molar-refractivity contribution is -0.131. The number of nitrogens with zero attached hydrogens (tertiary/aromatic N) is 6. The molecule has 2 aliphatic heterocycles. The Morgan fingerprint density at radius 1 is 0.983 bits per heavy atom. The molecule has 7 rings (SSSR count). The van der Waals surface area contributed by atoms with Crippen LogP contribution in [0.3, 0.4) is 0 Å². The Morgan fingerprint density at radius 3 is 2.42 bits per heavy atom. The second kappa shape index (κ2) is 20.0. The number of aromatic nitrogens is 3. The number of oxazole rings is 1. The summed E-state index contributed by atoms with van der Waals surface area (Å²) in [6, 6.07) is 13.5. The van der Waals surface area contributed by atoms with E-state index in [1.165, 1.54) is 11.3 Å². The van der Waals surface area contributed by atoms with Gasteiger partial charge in [-0.1, -0.05) is 18.2 Å². The van der Waals surface area contributed by atoms with Gasteiger partial charge < -0.3 is 43.8 Å². The molecule has 2 N–H and O–H groups in total. The average molecular weight is 828 g/mol. The summed E-state index contributed by atoms with van der Waals surface area (Å²) in [7, 11) is 4.73. The van der Waals surface area contributed by atoms with Gasteiger partial charge >= 0.3 is 0 Å². The Hall–Kier alpha value is -6.23. The number of hydrogen-bond donors (Lipinski definition) is 2. The minimum absolute atomic E-state index is 0.0350. The Bertz CT molecular complexity index is 2230. The van der Waals surface area contributed by atoms with Crippen LogP contribution in [0.4, 0.5) is 5.82 Å². The van der Waals surface area contributed by atoms with Crippen LogP contribution in [0.15, 0.2) is 57.8 Å². The molecule has 0 radical (unpaired) electrons. The number of pyridine rings is 1. The van der Waals surface area contributed by atoms with E-state index in [0.29, 0.717) is 84.8 Å². The van der Waals surface area contributed by atoms with E-state index in [4.69, 9.17) is 38.5 Å². The lowest BCUT2D eigenvalue weighted by atomic mass is 9.97. The molecule has 3 aromatic heterocycles. The Kier molecular flexibility index (Phi) is 14.3. The smallest absolute Gasteiger partial charge is 0.290 e. The second-order valence-corrected chi connectivity index (χ2v) is 15.0. The number of carbonyl (C=O) groups excluding carboxylic acids is 3. The first-order valence-corrected chi connectivity index (χ1v) is 20.3. The number of hydrogen-bond acceptors (Lipinski definition) is 13. The maximum atomic E-state index is 14.5. The number of carboxylic acid groups (broad SMARTS) is 1. The number of methoxy groups -OCH3 is 3. The third-order valence-corrected chi connectivity index (χ3v) is 11.0. The molecule has 312 valence electrons. The van der Waals surface area contributed by atoms with Crippen LogP contribution in [0.2, 0.25) is 0 Å². The summed E-state index contributed by atoms with van der Waals surface area (Å²) in [5.74, 6) is 2.74. The highest BCUT2D eigenvalue weighted by molar-refractivity contribution is 7.07. The number of aryl methyl sites for hydroxylation is 1. The van der Waals surface area contributed by atoms with Gasteiger partial charge in [0.15, 0.2) is 11.5 Å². The van der Waals surface area contributed by atoms with Crippen molar-refractivity contribution in [3.05, 3.63) is 76.1 Å². The molecule has 1 atom stereocenters. The summed E-state index contributed by atoms with van der Waals surface area (Å²) in [6.45, 7) is 4.33. The monoisotopic (exact) mass is 827 g/mol. The lowest BCUT2D eigenvalue weighted by Crippen LogP contribution is -2.46.